The second kappa shape index (κ2) is 6.73. The van der Waals surface area contributed by atoms with Gasteiger partial charge in [-0.15, -0.1) is 0 Å². The number of rotatable bonds is 7. The summed E-state index contributed by atoms with van der Waals surface area (Å²) < 4.78 is 10.9. The fraction of sp³-hybridized carbons (Fsp3) is 0.500. The van der Waals surface area contributed by atoms with Crippen molar-refractivity contribution in [1.29, 1.82) is 0 Å². The van der Waals surface area contributed by atoms with Crippen LogP contribution in [0.1, 0.15) is 26.7 Å². The molecular formula is C12H17NO4. The fourth-order valence-corrected chi connectivity index (χ4v) is 1.27. The first-order valence-electron chi connectivity index (χ1n) is 5.73. The van der Waals surface area contributed by atoms with Gasteiger partial charge in [0.15, 0.2) is 11.5 Å². The van der Waals surface area contributed by atoms with Gasteiger partial charge < -0.3 is 9.47 Å². The number of ether oxygens (including phenoxy) is 2. The zero-order chi connectivity index (χ0) is 12.7. The number of hydrogen-bond donors (Lipinski definition) is 0. The zero-order valence-corrected chi connectivity index (χ0v) is 10.1. The maximum absolute atomic E-state index is 10.7. The molecule has 0 radical (unpaired) electrons. The third-order valence-electron chi connectivity index (χ3n) is 2.06. The molecule has 1 rings (SSSR count). The molecule has 17 heavy (non-hydrogen) atoms. The Hall–Kier alpha value is -1.78. The molecule has 5 heteroatoms. The molecule has 94 valence electrons. The molecule has 0 N–H and O–H groups in total. The van der Waals surface area contributed by atoms with Crippen LogP contribution < -0.4 is 9.47 Å². The van der Waals surface area contributed by atoms with Crippen LogP contribution in [0.15, 0.2) is 18.2 Å². The Morgan fingerprint density at radius 2 is 1.71 bits per heavy atom. The summed E-state index contributed by atoms with van der Waals surface area (Å²) in [5.74, 6) is 1.00. The van der Waals surface area contributed by atoms with Gasteiger partial charge in [0.2, 0.25) is 0 Å². The van der Waals surface area contributed by atoms with Crippen molar-refractivity contribution in [2.24, 2.45) is 0 Å². The molecule has 0 spiro atoms. The van der Waals surface area contributed by atoms with Crippen LogP contribution in [0.5, 0.6) is 11.5 Å². The van der Waals surface area contributed by atoms with E-state index in [4.69, 9.17) is 9.47 Å². The average molecular weight is 239 g/mol. The Bertz CT molecular complexity index is 379. The van der Waals surface area contributed by atoms with Gasteiger partial charge in [-0.05, 0) is 18.9 Å². The molecule has 0 aliphatic rings. The summed E-state index contributed by atoms with van der Waals surface area (Å²) in [6.07, 6.45) is 1.72. The van der Waals surface area contributed by atoms with E-state index in [1.807, 2.05) is 13.8 Å². The van der Waals surface area contributed by atoms with E-state index in [9.17, 15) is 10.1 Å². The first-order chi connectivity index (χ1) is 8.19. The van der Waals surface area contributed by atoms with Crippen molar-refractivity contribution in [3.63, 3.8) is 0 Å². The van der Waals surface area contributed by atoms with Crippen LogP contribution >= 0.6 is 0 Å². The quantitative estimate of drug-likeness (QED) is 0.541. The summed E-state index contributed by atoms with van der Waals surface area (Å²) in [4.78, 5) is 10.2. The Morgan fingerprint density at radius 3 is 2.24 bits per heavy atom. The first-order valence-corrected chi connectivity index (χ1v) is 5.73. The number of nitrogens with zero attached hydrogens (tertiary/aromatic N) is 1. The number of non-ortho nitro benzene ring substituents is 1. The fourth-order valence-electron chi connectivity index (χ4n) is 1.27. The molecule has 0 unspecified atom stereocenters. The Labute approximate surface area is 101 Å². The number of hydrogen-bond acceptors (Lipinski definition) is 4. The van der Waals surface area contributed by atoms with Crippen LogP contribution in [-0.4, -0.2) is 18.1 Å². The van der Waals surface area contributed by atoms with Gasteiger partial charge in [0, 0.05) is 6.07 Å². The van der Waals surface area contributed by atoms with Crippen LogP contribution in [0.3, 0.4) is 0 Å². The van der Waals surface area contributed by atoms with Crippen molar-refractivity contribution in [3.8, 4) is 11.5 Å². The summed E-state index contributed by atoms with van der Waals surface area (Å²) in [7, 11) is 0. The Balaban J connectivity index is 2.90. The third-order valence-corrected chi connectivity index (χ3v) is 2.06. The zero-order valence-electron chi connectivity index (χ0n) is 10.1. The van der Waals surface area contributed by atoms with Crippen LogP contribution in [0, 0.1) is 10.1 Å². The molecular weight excluding hydrogens is 222 g/mol. The van der Waals surface area contributed by atoms with E-state index in [-0.39, 0.29) is 5.69 Å². The predicted molar refractivity (Wildman–Crippen MR) is 64.7 cm³/mol. The molecule has 0 saturated heterocycles. The van der Waals surface area contributed by atoms with Crippen molar-refractivity contribution >= 4 is 5.69 Å². The predicted octanol–water partition coefficient (Wildman–Crippen LogP) is 3.17. The normalized spacial score (nSPS) is 10.0. The van der Waals surface area contributed by atoms with E-state index in [1.165, 1.54) is 12.1 Å². The van der Waals surface area contributed by atoms with Gasteiger partial charge >= 0.3 is 0 Å². The molecule has 0 amide bonds. The van der Waals surface area contributed by atoms with Crippen molar-refractivity contribution in [2.45, 2.75) is 26.7 Å². The maximum atomic E-state index is 10.7. The van der Waals surface area contributed by atoms with E-state index < -0.39 is 4.92 Å². The topological polar surface area (TPSA) is 61.6 Å². The van der Waals surface area contributed by atoms with Gasteiger partial charge in [-0.1, -0.05) is 13.8 Å². The molecule has 5 nitrogen and oxygen atoms in total. The molecule has 0 aliphatic carbocycles. The summed E-state index contributed by atoms with van der Waals surface area (Å²) in [6, 6.07) is 4.41. The molecule has 0 bridgehead atoms. The molecule has 1 aromatic carbocycles. The molecule has 0 saturated carbocycles. The number of nitro benzene ring substituents is 1. The SMILES string of the molecule is CCCOc1ccc([N+](=O)[O-])cc1OCCC. The van der Waals surface area contributed by atoms with E-state index in [1.54, 1.807) is 6.07 Å². The highest BCUT2D eigenvalue weighted by atomic mass is 16.6. The van der Waals surface area contributed by atoms with Crippen LogP contribution in [-0.2, 0) is 0 Å². The van der Waals surface area contributed by atoms with Crippen molar-refractivity contribution in [1.82, 2.24) is 0 Å². The number of nitro groups is 1. The lowest BCUT2D eigenvalue weighted by atomic mass is 10.3. The molecule has 0 atom stereocenters. The first kappa shape index (κ1) is 13.3. The van der Waals surface area contributed by atoms with Crippen LogP contribution in [0.25, 0.3) is 0 Å². The summed E-state index contributed by atoms with van der Waals surface area (Å²) >= 11 is 0. The highest BCUT2D eigenvalue weighted by molar-refractivity contribution is 5.48. The number of benzene rings is 1. The lowest BCUT2D eigenvalue weighted by molar-refractivity contribution is -0.385. The second-order valence-electron chi connectivity index (χ2n) is 3.59. The van der Waals surface area contributed by atoms with E-state index in [2.05, 4.69) is 0 Å². The van der Waals surface area contributed by atoms with Gasteiger partial charge in [0.1, 0.15) is 0 Å². The van der Waals surface area contributed by atoms with E-state index >= 15 is 0 Å². The summed E-state index contributed by atoms with van der Waals surface area (Å²) in [5, 5.41) is 10.7. The van der Waals surface area contributed by atoms with Gasteiger partial charge in [0.25, 0.3) is 5.69 Å². The Kier molecular flexibility index (Phi) is 5.26. The minimum absolute atomic E-state index is 0.0138. The maximum Gasteiger partial charge on any atom is 0.273 e. The van der Waals surface area contributed by atoms with Gasteiger partial charge in [-0.25, -0.2) is 0 Å². The Morgan fingerprint density at radius 1 is 1.12 bits per heavy atom. The highest BCUT2D eigenvalue weighted by Crippen LogP contribution is 2.31. The highest BCUT2D eigenvalue weighted by Gasteiger charge is 2.12. The monoisotopic (exact) mass is 239 g/mol. The van der Waals surface area contributed by atoms with Crippen molar-refractivity contribution in [3.05, 3.63) is 28.3 Å². The van der Waals surface area contributed by atoms with Gasteiger partial charge in [-0.2, -0.15) is 0 Å². The smallest absolute Gasteiger partial charge is 0.273 e. The average Bonchev–Trinajstić information content (AvgIpc) is 2.34. The molecule has 0 fully saturated rings. The second-order valence-corrected chi connectivity index (χ2v) is 3.59. The third kappa shape index (κ3) is 3.94. The summed E-state index contributed by atoms with van der Waals surface area (Å²) in [6.45, 7) is 5.06. The van der Waals surface area contributed by atoms with E-state index in [0.717, 1.165) is 12.8 Å². The minimum Gasteiger partial charge on any atom is -0.490 e. The largest absolute Gasteiger partial charge is 0.490 e. The molecule has 0 heterocycles. The lowest BCUT2D eigenvalue weighted by Crippen LogP contribution is -2.02. The van der Waals surface area contributed by atoms with Crippen molar-refractivity contribution in [2.75, 3.05) is 13.2 Å². The van der Waals surface area contributed by atoms with Crippen molar-refractivity contribution < 1.29 is 14.4 Å². The van der Waals surface area contributed by atoms with Crippen LogP contribution in [0.2, 0.25) is 0 Å². The summed E-state index contributed by atoms with van der Waals surface area (Å²) in [5.41, 5.74) is 0.0138. The molecule has 0 aliphatic heterocycles. The standard InChI is InChI=1S/C12H17NO4/c1-3-7-16-11-6-5-10(13(14)15)9-12(11)17-8-4-2/h5-6,9H,3-4,7-8H2,1-2H3. The minimum atomic E-state index is -0.442. The van der Waals surface area contributed by atoms with Crippen LogP contribution in [0.4, 0.5) is 5.69 Å². The van der Waals surface area contributed by atoms with E-state index in [0.29, 0.717) is 24.7 Å². The molecule has 1 aromatic rings. The molecule has 0 aromatic heterocycles. The van der Waals surface area contributed by atoms with Gasteiger partial charge in [0.05, 0.1) is 24.2 Å². The lowest BCUT2D eigenvalue weighted by Gasteiger charge is -2.11. The van der Waals surface area contributed by atoms with Gasteiger partial charge in [-0.3, -0.25) is 10.1 Å².